The fourth-order valence-corrected chi connectivity index (χ4v) is 3.10. The van der Waals surface area contributed by atoms with Crippen LogP contribution in [0.3, 0.4) is 0 Å². The van der Waals surface area contributed by atoms with E-state index < -0.39 is 0 Å². The summed E-state index contributed by atoms with van der Waals surface area (Å²) >= 11 is 1.73. The highest BCUT2D eigenvalue weighted by atomic mass is 32.1. The Balaban J connectivity index is 1.56. The summed E-state index contributed by atoms with van der Waals surface area (Å²) in [6, 6.07) is 8.02. The molecule has 0 radical (unpaired) electrons. The van der Waals surface area contributed by atoms with Gasteiger partial charge >= 0.3 is 0 Å². The SMILES string of the molecule is CN=C(NCc1nnc2ccccn12)NCC(C)c1ccsc1. The summed E-state index contributed by atoms with van der Waals surface area (Å²) in [5, 5.41) is 19.3. The molecule has 0 aromatic carbocycles. The van der Waals surface area contributed by atoms with Gasteiger partial charge in [-0.3, -0.25) is 9.39 Å². The fraction of sp³-hybridized carbons (Fsp3) is 0.312. The highest BCUT2D eigenvalue weighted by Gasteiger charge is 2.08. The lowest BCUT2D eigenvalue weighted by Gasteiger charge is -2.15. The van der Waals surface area contributed by atoms with Crippen molar-refractivity contribution in [2.75, 3.05) is 13.6 Å². The third-order valence-corrected chi connectivity index (χ3v) is 4.41. The van der Waals surface area contributed by atoms with E-state index >= 15 is 0 Å². The molecule has 0 spiro atoms. The molecule has 0 aliphatic heterocycles. The Morgan fingerprint density at radius 3 is 3.00 bits per heavy atom. The van der Waals surface area contributed by atoms with Crippen molar-refractivity contribution in [2.24, 2.45) is 4.99 Å². The van der Waals surface area contributed by atoms with Gasteiger partial charge in [0.15, 0.2) is 17.4 Å². The van der Waals surface area contributed by atoms with E-state index in [0.717, 1.165) is 24.0 Å². The van der Waals surface area contributed by atoms with Gasteiger partial charge in [0.25, 0.3) is 0 Å². The minimum Gasteiger partial charge on any atom is -0.356 e. The van der Waals surface area contributed by atoms with Crippen LogP contribution in [0.1, 0.15) is 24.2 Å². The van der Waals surface area contributed by atoms with Crippen molar-refractivity contribution >= 4 is 22.9 Å². The molecule has 120 valence electrons. The summed E-state index contributed by atoms with van der Waals surface area (Å²) in [5.74, 6) is 2.06. The molecule has 0 bridgehead atoms. The first-order valence-corrected chi connectivity index (χ1v) is 8.47. The lowest BCUT2D eigenvalue weighted by Crippen LogP contribution is -2.38. The standard InChI is InChI=1S/C16H20N6S/c1-12(13-6-8-23-11-13)9-18-16(17-2)19-10-15-21-20-14-5-3-4-7-22(14)15/h3-8,11-12H,9-10H2,1-2H3,(H2,17,18,19). The van der Waals surface area contributed by atoms with Crippen LogP contribution in [-0.4, -0.2) is 34.2 Å². The Bertz CT molecular complexity index is 777. The van der Waals surface area contributed by atoms with Gasteiger partial charge < -0.3 is 10.6 Å². The third-order valence-electron chi connectivity index (χ3n) is 3.71. The Morgan fingerprint density at radius 2 is 2.22 bits per heavy atom. The number of nitrogens with zero attached hydrogens (tertiary/aromatic N) is 4. The summed E-state index contributed by atoms with van der Waals surface area (Å²) in [5.41, 5.74) is 2.19. The average molecular weight is 328 g/mol. The van der Waals surface area contributed by atoms with Gasteiger partial charge in [0.2, 0.25) is 0 Å². The number of hydrogen-bond donors (Lipinski definition) is 2. The molecule has 0 aliphatic rings. The van der Waals surface area contributed by atoms with Crippen molar-refractivity contribution in [3.05, 3.63) is 52.6 Å². The summed E-state index contributed by atoms with van der Waals surface area (Å²) in [4.78, 5) is 4.26. The van der Waals surface area contributed by atoms with Crippen LogP contribution >= 0.6 is 11.3 Å². The number of pyridine rings is 1. The van der Waals surface area contributed by atoms with Crippen molar-refractivity contribution in [3.63, 3.8) is 0 Å². The predicted molar refractivity (Wildman–Crippen MR) is 93.9 cm³/mol. The fourth-order valence-electron chi connectivity index (χ4n) is 2.32. The summed E-state index contributed by atoms with van der Waals surface area (Å²) in [7, 11) is 1.77. The van der Waals surface area contributed by atoms with Crippen LogP contribution in [0.5, 0.6) is 0 Å². The van der Waals surface area contributed by atoms with Gasteiger partial charge in [-0.15, -0.1) is 10.2 Å². The second kappa shape index (κ2) is 7.23. The molecule has 2 N–H and O–H groups in total. The van der Waals surface area contributed by atoms with Crippen LogP contribution < -0.4 is 10.6 Å². The second-order valence-corrected chi connectivity index (χ2v) is 6.09. The maximum Gasteiger partial charge on any atom is 0.191 e. The van der Waals surface area contributed by atoms with E-state index in [0.29, 0.717) is 12.5 Å². The molecular formula is C16H20N6S. The molecule has 3 heterocycles. The first-order valence-electron chi connectivity index (χ1n) is 7.53. The second-order valence-electron chi connectivity index (χ2n) is 5.31. The van der Waals surface area contributed by atoms with Crippen molar-refractivity contribution in [2.45, 2.75) is 19.4 Å². The predicted octanol–water partition coefficient (Wildman–Crippen LogP) is 2.26. The number of fused-ring (bicyclic) bond motifs is 1. The molecule has 3 aromatic rings. The topological polar surface area (TPSA) is 66.6 Å². The lowest BCUT2D eigenvalue weighted by atomic mass is 10.1. The molecule has 0 saturated carbocycles. The van der Waals surface area contributed by atoms with Gasteiger partial charge in [-0.05, 0) is 40.4 Å². The Morgan fingerprint density at radius 1 is 1.30 bits per heavy atom. The monoisotopic (exact) mass is 328 g/mol. The van der Waals surface area contributed by atoms with Gasteiger partial charge in [-0.2, -0.15) is 11.3 Å². The average Bonchev–Trinajstić information content (AvgIpc) is 3.25. The van der Waals surface area contributed by atoms with Crippen LogP contribution in [0.4, 0.5) is 0 Å². The minimum absolute atomic E-state index is 0.439. The van der Waals surface area contributed by atoms with E-state index in [4.69, 9.17) is 0 Å². The van der Waals surface area contributed by atoms with Crippen LogP contribution in [0, 0.1) is 0 Å². The summed E-state index contributed by atoms with van der Waals surface area (Å²) < 4.78 is 1.97. The third kappa shape index (κ3) is 3.68. The normalized spacial score (nSPS) is 13.2. The largest absolute Gasteiger partial charge is 0.356 e. The number of aromatic nitrogens is 3. The molecule has 7 heteroatoms. The Kier molecular flexibility index (Phi) is 4.87. The number of thiophene rings is 1. The Labute approximate surface area is 139 Å². The summed E-state index contributed by atoms with van der Waals surface area (Å²) in [6.07, 6.45) is 1.96. The van der Waals surface area contributed by atoms with E-state index in [1.165, 1.54) is 5.56 Å². The molecule has 1 unspecified atom stereocenters. The van der Waals surface area contributed by atoms with Crippen molar-refractivity contribution in [1.29, 1.82) is 0 Å². The van der Waals surface area contributed by atoms with Crippen molar-refractivity contribution in [1.82, 2.24) is 25.2 Å². The molecular weight excluding hydrogens is 308 g/mol. The molecule has 0 saturated heterocycles. The van der Waals surface area contributed by atoms with E-state index in [1.54, 1.807) is 18.4 Å². The molecule has 3 rings (SSSR count). The van der Waals surface area contributed by atoms with E-state index in [1.807, 2.05) is 28.8 Å². The lowest BCUT2D eigenvalue weighted by molar-refractivity contribution is 0.693. The van der Waals surface area contributed by atoms with Gasteiger partial charge in [-0.25, -0.2) is 0 Å². The smallest absolute Gasteiger partial charge is 0.191 e. The quantitative estimate of drug-likeness (QED) is 0.557. The van der Waals surface area contributed by atoms with Crippen molar-refractivity contribution in [3.8, 4) is 0 Å². The first kappa shape index (κ1) is 15.5. The molecule has 0 fully saturated rings. The number of guanidine groups is 1. The maximum absolute atomic E-state index is 4.26. The number of nitrogens with one attached hydrogen (secondary N) is 2. The molecule has 6 nitrogen and oxygen atoms in total. The number of rotatable bonds is 5. The van der Waals surface area contributed by atoms with E-state index in [2.05, 4.69) is 49.6 Å². The zero-order valence-electron chi connectivity index (χ0n) is 13.2. The van der Waals surface area contributed by atoms with Gasteiger partial charge in [-0.1, -0.05) is 13.0 Å². The highest BCUT2D eigenvalue weighted by Crippen LogP contribution is 2.16. The van der Waals surface area contributed by atoms with Crippen LogP contribution in [0.15, 0.2) is 46.2 Å². The van der Waals surface area contributed by atoms with E-state index in [9.17, 15) is 0 Å². The zero-order valence-corrected chi connectivity index (χ0v) is 14.0. The van der Waals surface area contributed by atoms with Crippen LogP contribution in [0.2, 0.25) is 0 Å². The zero-order chi connectivity index (χ0) is 16.1. The van der Waals surface area contributed by atoms with E-state index in [-0.39, 0.29) is 0 Å². The maximum atomic E-state index is 4.26. The number of aliphatic imine (C=N–C) groups is 1. The van der Waals surface area contributed by atoms with Crippen LogP contribution in [0.25, 0.3) is 5.65 Å². The van der Waals surface area contributed by atoms with Gasteiger partial charge in [0.1, 0.15) is 0 Å². The molecule has 3 aromatic heterocycles. The summed E-state index contributed by atoms with van der Waals surface area (Å²) in [6.45, 7) is 3.60. The minimum atomic E-state index is 0.439. The first-order chi connectivity index (χ1) is 11.3. The van der Waals surface area contributed by atoms with Crippen LogP contribution in [-0.2, 0) is 6.54 Å². The van der Waals surface area contributed by atoms with Crippen molar-refractivity contribution < 1.29 is 0 Å². The van der Waals surface area contributed by atoms with Gasteiger partial charge in [0, 0.05) is 19.8 Å². The molecule has 1 atom stereocenters. The Hall–Kier alpha value is -2.41. The molecule has 0 amide bonds. The van der Waals surface area contributed by atoms with Gasteiger partial charge in [0.05, 0.1) is 6.54 Å². The molecule has 23 heavy (non-hydrogen) atoms. The molecule has 0 aliphatic carbocycles. The highest BCUT2D eigenvalue weighted by molar-refractivity contribution is 7.07. The number of hydrogen-bond acceptors (Lipinski definition) is 4.